The molecule has 0 saturated heterocycles. The molecule has 0 radical (unpaired) electrons. The van der Waals surface area contributed by atoms with Gasteiger partial charge < -0.3 is 11.1 Å². The lowest BCUT2D eigenvalue weighted by atomic mass is 10.0. The fraction of sp³-hybridized carbons (Fsp3) is 0. The maximum atomic E-state index is 8.21. The Labute approximate surface area is 144 Å². The summed E-state index contributed by atoms with van der Waals surface area (Å²) in [7, 11) is 0. The molecule has 0 aliphatic carbocycles. The predicted molar refractivity (Wildman–Crippen MR) is 105 cm³/mol. The van der Waals surface area contributed by atoms with Gasteiger partial charge in [-0.25, -0.2) is 0 Å². The van der Waals surface area contributed by atoms with Crippen LogP contribution in [0.3, 0.4) is 0 Å². The van der Waals surface area contributed by atoms with Gasteiger partial charge in [0.15, 0.2) is 0 Å². The maximum absolute atomic E-state index is 8.21. The Morgan fingerprint density at radius 3 is 2.33 bits per heavy atom. The molecular weight excluding hydrogens is 312 g/mol. The van der Waals surface area contributed by atoms with E-state index >= 15 is 0 Å². The van der Waals surface area contributed by atoms with E-state index in [-0.39, 0.29) is 0 Å². The molecule has 116 valence electrons. The number of allylic oxidation sites excluding steroid dienone is 1. The van der Waals surface area contributed by atoms with Gasteiger partial charge in [-0.15, -0.1) is 11.3 Å². The van der Waals surface area contributed by atoms with Gasteiger partial charge in [-0.05, 0) is 29.3 Å². The SMILES string of the molecule is N=C(C=C(N)c1ccc2c(c1)sc1ccccc12)c1ccccc1. The Morgan fingerprint density at radius 2 is 1.50 bits per heavy atom. The zero-order valence-electron chi connectivity index (χ0n) is 13.0. The third-order valence-electron chi connectivity index (χ3n) is 4.10. The van der Waals surface area contributed by atoms with Crippen LogP contribution in [0.15, 0.2) is 78.9 Å². The van der Waals surface area contributed by atoms with E-state index in [0.29, 0.717) is 11.4 Å². The molecule has 0 aliphatic heterocycles. The topological polar surface area (TPSA) is 49.9 Å². The lowest BCUT2D eigenvalue weighted by Crippen LogP contribution is -2.02. The molecule has 3 aromatic carbocycles. The first-order valence-electron chi connectivity index (χ1n) is 7.75. The van der Waals surface area contributed by atoms with E-state index in [4.69, 9.17) is 11.1 Å². The third kappa shape index (κ3) is 2.59. The average Bonchev–Trinajstić information content (AvgIpc) is 3.00. The van der Waals surface area contributed by atoms with Gasteiger partial charge in [0.25, 0.3) is 0 Å². The standard InChI is InChI=1S/C21H16N2S/c22-18(14-6-2-1-3-7-14)13-19(23)15-10-11-17-16-8-4-5-9-20(16)24-21(17)12-15/h1-13,22H,23H2. The number of rotatable bonds is 3. The second kappa shape index (κ2) is 5.95. The van der Waals surface area contributed by atoms with Gasteiger partial charge in [0, 0.05) is 25.9 Å². The summed E-state index contributed by atoms with van der Waals surface area (Å²) in [4.78, 5) is 0. The van der Waals surface area contributed by atoms with Crippen LogP contribution in [0.25, 0.3) is 25.9 Å². The molecule has 1 heterocycles. The van der Waals surface area contributed by atoms with Crippen LogP contribution >= 0.6 is 11.3 Å². The quantitative estimate of drug-likeness (QED) is 0.485. The molecule has 0 fully saturated rings. The summed E-state index contributed by atoms with van der Waals surface area (Å²) in [5.41, 5.74) is 9.10. The molecule has 0 atom stereocenters. The van der Waals surface area contributed by atoms with Crippen molar-refractivity contribution in [1.82, 2.24) is 0 Å². The number of nitrogens with two attached hydrogens (primary N) is 1. The number of benzene rings is 3. The molecule has 3 heteroatoms. The fourth-order valence-corrected chi connectivity index (χ4v) is 3.99. The first kappa shape index (κ1) is 14.7. The minimum Gasteiger partial charge on any atom is -0.398 e. The monoisotopic (exact) mass is 328 g/mol. The number of hydrogen-bond donors (Lipinski definition) is 2. The molecule has 3 N–H and O–H groups in total. The molecule has 1 aromatic heterocycles. The van der Waals surface area contributed by atoms with E-state index < -0.39 is 0 Å². The largest absolute Gasteiger partial charge is 0.398 e. The van der Waals surface area contributed by atoms with Crippen LogP contribution in [-0.4, -0.2) is 5.71 Å². The number of thiophene rings is 1. The Kier molecular flexibility index (Phi) is 3.63. The Hall–Kier alpha value is -2.91. The molecule has 4 rings (SSSR count). The second-order valence-corrected chi connectivity index (χ2v) is 6.77. The first-order valence-corrected chi connectivity index (χ1v) is 8.57. The summed E-state index contributed by atoms with van der Waals surface area (Å²) >= 11 is 1.77. The number of fused-ring (bicyclic) bond motifs is 3. The van der Waals surface area contributed by atoms with Gasteiger partial charge >= 0.3 is 0 Å². The maximum Gasteiger partial charge on any atom is 0.0632 e. The van der Waals surface area contributed by atoms with Crippen molar-refractivity contribution in [2.24, 2.45) is 5.73 Å². The van der Waals surface area contributed by atoms with Gasteiger partial charge in [0.05, 0.1) is 5.71 Å². The molecule has 0 aliphatic rings. The highest BCUT2D eigenvalue weighted by molar-refractivity contribution is 7.25. The van der Waals surface area contributed by atoms with Crippen molar-refractivity contribution in [3.05, 3.63) is 90.0 Å². The normalized spacial score (nSPS) is 11.9. The summed E-state index contributed by atoms with van der Waals surface area (Å²) in [6.07, 6.45) is 1.73. The van der Waals surface area contributed by atoms with Crippen LogP contribution in [0, 0.1) is 5.41 Å². The smallest absolute Gasteiger partial charge is 0.0632 e. The lowest BCUT2D eigenvalue weighted by molar-refractivity contribution is 1.48. The van der Waals surface area contributed by atoms with Crippen molar-refractivity contribution in [3.8, 4) is 0 Å². The van der Waals surface area contributed by atoms with Crippen molar-refractivity contribution >= 4 is 42.9 Å². The molecule has 0 unspecified atom stereocenters. The molecule has 0 bridgehead atoms. The summed E-state index contributed by atoms with van der Waals surface area (Å²) in [6, 6.07) is 24.3. The highest BCUT2D eigenvalue weighted by Gasteiger charge is 2.07. The molecule has 0 spiro atoms. The van der Waals surface area contributed by atoms with Gasteiger partial charge in [0.2, 0.25) is 0 Å². The summed E-state index contributed by atoms with van der Waals surface area (Å²) < 4.78 is 2.50. The van der Waals surface area contributed by atoms with Crippen LogP contribution < -0.4 is 5.73 Å². The summed E-state index contributed by atoms with van der Waals surface area (Å²) in [5, 5.41) is 10.7. The van der Waals surface area contributed by atoms with Crippen molar-refractivity contribution < 1.29 is 0 Å². The highest BCUT2D eigenvalue weighted by atomic mass is 32.1. The summed E-state index contributed by atoms with van der Waals surface area (Å²) in [5.74, 6) is 0. The van der Waals surface area contributed by atoms with Crippen LogP contribution in [-0.2, 0) is 0 Å². The van der Waals surface area contributed by atoms with E-state index in [1.165, 1.54) is 20.2 Å². The zero-order chi connectivity index (χ0) is 16.5. The number of nitrogens with one attached hydrogen (secondary N) is 1. The van der Waals surface area contributed by atoms with Crippen LogP contribution in [0.5, 0.6) is 0 Å². The van der Waals surface area contributed by atoms with E-state index in [0.717, 1.165) is 11.1 Å². The predicted octanol–water partition coefficient (Wildman–Crippen LogP) is 5.42. The van der Waals surface area contributed by atoms with E-state index in [1.807, 2.05) is 36.4 Å². The molecule has 24 heavy (non-hydrogen) atoms. The third-order valence-corrected chi connectivity index (χ3v) is 5.23. The highest BCUT2D eigenvalue weighted by Crippen LogP contribution is 2.34. The average molecular weight is 328 g/mol. The van der Waals surface area contributed by atoms with Gasteiger partial charge in [-0.1, -0.05) is 60.7 Å². The van der Waals surface area contributed by atoms with Crippen molar-refractivity contribution in [3.63, 3.8) is 0 Å². The number of hydrogen-bond acceptors (Lipinski definition) is 3. The zero-order valence-corrected chi connectivity index (χ0v) is 13.8. The Morgan fingerprint density at radius 1 is 0.792 bits per heavy atom. The van der Waals surface area contributed by atoms with Crippen LogP contribution in [0.4, 0.5) is 0 Å². The van der Waals surface area contributed by atoms with Crippen LogP contribution in [0.2, 0.25) is 0 Å². The van der Waals surface area contributed by atoms with E-state index in [2.05, 4.69) is 36.4 Å². The van der Waals surface area contributed by atoms with Crippen LogP contribution in [0.1, 0.15) is 11.1 Å². The van der Waals surface area contributed by atoms with Crippen molar-refractivity contribution in [1.29, 1.82) is 5.41 Å². The van der Waals surface area contributed by atoms with Crippen molar-refractivity contribution in [2.75, 3.05) is 0 Å². The van der Waals surface area contributed by atoms with Gasteiger partial charge in [-0.2, -0.15) is 0 Å². The lowest BCUT2D eigenvalue weighted by Gasteiger charge is -2.04. The van der Waals surface area contributed by atoms with E-state index in [9.17, 15) is 0 Å². The molecule has 0 amide bonds. The minimum atomic E-state index is 0.421. The molecular formula is C21H16N2S. The second-order valence-electron chi connectivity index (χ2n) is 5.69. The van der Waals surface area contributed by atoms with Crippen molar-refractivity contribution in [2.45, 2.75) is 0 Å². The van der Waals surface area contributed by atoms with E-state index in [1.54, 1.807) is 17.4 Å². The van der Waals surface area contributed by atoms with Gasteiger partial charge in [-0.3, -0.25) is 0 Å². The fourth-order valence-electron chi connectivity index (χ4n) is 2.85. The van der Waals surface area contributed by atoms with Gasteiger partial charge in [0.1, 0.15) is 0 Å². The molecule has 2 nitrogen and oxygen atoms in total. The molecule has 4 aromatic rings. The Balaban J connectivity index is 1.74. The Bertz CT molecular complexity index is 1070. The minimum absolute atomic E-state index is 0.421. The molecule has 0 saturated carbocycles. The summed E-state index contributed by atoms with van der Waals surface area (Å²) in [6.45, 7) is 0. The first-order chi connectivity index (χ1) is 11.7.